The van der Waals surface area contributed by atoms with Gasteiger partial charge in [-0.1, -0.05) is 11.6 Å². The van der Waals surface area contributed by atoms with E-state index in [9.17, 15) is 9.59 Å². The number of pyridine rings is 1. The van der Waals surface area contributed by atoms with Crippen molar-refractivity contribution in [1.29, 1.82) is 0 Å². The predicted molar refractivity (Wildman–Crippen MR) is 88.3 cm³/mol. The summed E-state index contributed by atoms with van der Waals surface area (Å²) in [6.45, 7) is 2.34. The first kappa shape index (κ1) is 15.4. The van der Waals surface area contributed by atoms with Crippen LogP contribution in [0.3, 0.4) is 0 Å². The zero-order valence-electron chi connectivity index (χ0n) is 13.2. The number of hydrogen-bond acceptors (Lipinski definition) is 4. The monoisotopic (exact) mass is 347 g/mol. The topological polar surface area (TPSA) is 83.9 Å². The Morgan fingerprint density at radius 1 is 1.25 bits per heavy atom. The van der Waals surface area contributed by atoms with Crippen molar-refractivity contribution in [3.05, 3.63) is 44.9 Å². The summed E-state index contributed by atoms with van der Waals surface area (Å²) in [5.74, 6) is 2.42. The second-order valence-corrected chi connectivity index (χ2v) is 6.77. The van der Waals surface area contributed by atoms with Crippen molar-refractivity contribution in [3.63, 3.8) is 0 Å². The number of aromatic nitrogens is 4. The van der Waals surface area contributed by atoms with Gasteiger partial charge in [-0.3, -0.25) is 9.59 Å². The fourth-order valence-electron chi connectivity index (χ4n) is 3.58. The number of rotatable bonds is 2. The van der Waals surface area contributed by atoms with Crippen LogP contribution in [-0.4, -0.2) is 43.6 Å². The van der Waals surface area contributed by atoms with E-state index < -0.39 is 0 Å². The number of H-pyrrole nitrogens is 1. The minimum absolute atomic E-state index is 0.0368. The first-order valence-electron chi connectivity index (χ1n) is 8.23. The normalized spacial score (nSPS) is 18.0. The molecule has 4 rings (SSSR count). The molecule has 1 fully saturated rings. The van der Waals surface area contributed by atoms with Crippen LogP contribution >= 0.6 is 11.6 Å². The van der Waals surface area contributed by atoms with Gasteiger partial charge >= 0.3 is 0 Å². The van der Waals surface area contributed by atoms with Gasteiger partial charge in [0.1, 0.15) is 16.7 Å². The van der Waals surface area contributed by atoms with Crippen LogP contribution in [0.4, 0.5) is 0 Å². The Balaban J connectivity index is 1.44. The van der Waals surface area contributed by atoms with E-state index in [0.717, 1.165) is 43.9 Å². The minimum atomic E-state index is -0.382. The highest BCUT2D eigenvalue weighted by atomic mass is 35.5. The lowest BCUT2D eigenvalue weighted by molar-refractivity contribution is 0.0710. The van der Waals surface area contributed by atoms with Gasteiger partial charge in [-0.2, -0.15) is 0 Å². The molecule has 0 bridgehead atoms. The number of halogens is 1. The molecule has 0 spiro atoms. The molecule has 0 radical (unpaired) electrons. The van der Waals surface area contributed by atoms with E-state index in [1.807, 2.05) is 4.90 Å². The Morgan fingerprint density at radius 2 is 2.04 bits per heavy atom. The first-order valence-corrected chi connectivity index (χ1v) is 8.61. The van der Waals surface area contributed by atoms with Crippen molar-refractivity contribution in [1.82, 2.24) is 24.6 Å². The summed E-state index contributed by atoms with van der Waals surface area (Å²) in [6, 6.07) is 1.43. The molecule has 0 aliphatic carbocycles. The molecular formula is C16H18ClN5O2. The van der Waals surface area contributed by atoms with Gasteiger partial charge in [-0.15, -0.1) is 10.2 Å². The van der Waals surface area contributed by atoms with E-state index in [0.29, 0.717) is 24.6 Å². The van der Waals surface area contributed by atoms with Gasteiger partial charge in [0.25, 0.3) is 11.5 Å². The third-order valence-corrected chi connectivity index (χ3v) is 5.17. The summed E-state index contributed by atoms with van der Waals surface area (Å²) in [5.41, 5.74) is 0.0361. The Kier molecular flexibility index (Phi) is 3.88. The van der Waals surface area contributed by atoms with Gasteiger partial charge in [-0.25, -0.2) is 0 Å². The molecule has 126 valence electrons. The van der Waals surface area contributed by atoms with Crippen LogP contribution in [-0.2, 0) is 13.0 Å². The maximum Gasteiger partial charge on any atom is 0.266 e. The van der Waals surface area contributed by atoms with Gasteiger partial charge in [0.2, 0.25) is 0 Å². The average molecular weight is 348 g/mol. The predicted octanol–water partition coefficient (Wildman–Crippen LogP) is 1.59. The molecule has 0 atom stereocenters. The zero-order chi connectivity index (χ0) is 16.7. The molecule has 2 aromatic heterocycles. The number of likely N-dealkylation sites (tertiary alicyclic amines) is 1. The summed E-state index contributed by atoms with van der Waals surface area (Å²) in [7, 11) is 0. The lowest BCUT2D eigenvalue weighted by Crippen LogP contribution is -2.38. The molecule has 1 saturated heterocycles. The molecule has 1 N–H and O–H groups in total. The maximum atomic E-state index is 12.6. The number of nitrogens with one attached hydrogen (secondary N) is 1. The fraction of sp³-hybridized carbons (Fsp3) is 0.500. The molecule has 8 heteroatoms. The molecule has 0 aromatic carbocycles. The second-order valence-electron chi connectivity index (χ2n) is 6.36. The SMILES string of the molecule is O=C(c1c[nH]c(=O)c(Cl)c1)N1CCC(c2nnc3n2CCC3)CC1. The number of carbonyl (C=O) groups is 1. The van der Waals surface area contributed by atoms with Crippen molar-refractivity contribution in [2.24, 2.45) is 0 Å². The largest absolute Gasteiger partial charge is 0.339 e. The number of piperidine rings is 1. The van der Waals surface area contributed by atoms with Crippen LogP contribution in [0.2, 0.25) is 5.02 Å². The van der Waals surface area contributed by atoms with E-state index in [4.69, 9.17) is 11.6 Å². The number of carbonyl (C=O) groups excluding carboxylic acids is 1. The molecule has 7 nitrogen and oxygen atoms in total. The van der Waals surface area contributed by atoms with E-state index in [-0.39, 0.29) is 16.5 Å². The average Bonchev–Trinajstić information content (AvgIpc) is 3.20. The fourth-order valence-corrected chi connectivity index (χ4v) is 3.75. The van der Waals surface area contributed by atoms with Crippen LogP contribution in [0.15, 0.2) is 17.1 Å². The molecule has 1 amide bonds. The molecule has 0 unspecified atom stereocenters. The highest BCUT2D eigenvalue weighted by molar-refractivity contribution is 6.30. The highest BCUT2D eigenvalue weighted by Gasteiger charge is 2.29. The van der Waals surface area contributed by atoms with Gasteiger partial charge < -0.3 is 14.5 Å². The molecule has 2 aromatic rings. The van der Waals surface area contributed by atoms with Crippen LogP contribution in [0.1, 0.15) is 47.2 Å². The van der Waals surface area contributed by atoms with Crippen LogP contribution in [0.25, 0.3) is 0 Å². The number of hydrogen-bond donors (Lipinski definition) is 1. The lowest BCUT2D eigenvalue weighted by atomic mass is 9.95. The number of fused-ring (bicyclic) bond motifs is 1. The minimum Gasteiger partial charge on any atom is -0.339 e. The van der Waals surface area contributed by atoms with Crippen LogP contribution < -0.4 is 5.56 Å². The van der Waals surface area contributed by atoms with Crippen LogP contribution in [0, 0.1) is 0 Å². The number of aryl methyl sites for hydroxylation is 1. The quantitative estimate of drug-likeness (QED) is 0.894. The summed E-state index contributed by atoms with van der Waals surface area (Å²) in [4.78, 5) is 28.2. The van der Waals surface area contributed by atoms with Gasteiger partial charge in [0.05, 0.1) is 5.56 Å². The summed E-state index contributed by atoms with van der Waals surface area (Å²) in [5, 5.41) is 8.68. The number of nitrogens with zero attached hydrogens (tertiary/aromatic N) is 4. The van der Waals surface area contributed by atoms with Crippen molar-refractivity contribution in [2.45, 2.75) is 38.1 Å². The maximum absolute atomic E-state index is 12.6. The molecule has 0 saturated carbocycles. The zero-order valence-corrected chi connectivity index (χ0v) is 13.9. The second kappa shape index (κ2) is 6.05. The van der Waals surface area contributed by atoms with E-state index >= 15 is 0 Å². The molecular weight excluding hydrogens is 330 g/mol. The number of aromatic amines is 1. The molecule has 2 aliphatic rings. The Bertz CT molecular complexity index is 835. The van der Waals surface area contributed by atoms with Gasteiger partial charge in [-0.05, 0) is 25.3 Å². The standard InChI is InChI=1S/C16H18ClN5O2/c17-12-8-11(9-18-15(12)23)16(24)21-6-3-10(4-7-21)14-20-19-13-2-1-5-22(13)14/h8-10H,1-7H2,(H,18,23). The summed E-state index contributed by atoms with van der Waals surface area (Å²) < 4.78 is 2.24. The third kappa shape index (κ3) is 2.62. The van der Waals surface area contributed by atoms with Crippen molar-refractivity contribution >= 4 is 17.5 Å². The van der Waals surface area contributed by atoms with Gasteiger partial charge in [0.15, 0.2) is 0 Å². The lowest BCUT2D eigenvalue weighted by Gasteiger charge is -2.31. The molecule has 24 heavy (non-hydrogen) atoms. The summed E-state index contributed by atoms with van der Waals surface area (Å²) >= 11 is 5.81. The van der Waals surface area contributed by atoms with Gasteiger partial charge in [0, 0.05) is 38.2 Å². The van der Waals surface area contributed by atoms with E-state index in [1.54, 1.807) is 0 Å². The van der Waals surface area contributed by atoms with Crippen molar-refractivity contribution in [2.75, 3.05) is 13.1 Å². The highest BCUT2D eigenvalue weighted by Crippen LogP contribution is 2.29. The third-order valence-electron chi connectivity index (χ3n) is 4.89. The molecule has 2 aliphatic heterocycles. The number of amides is 1. The molecule has 4 heterocycles. The van der Waals surface area contributed by atoms with E-state index in [1.165, 1.54) is 12.3 Å². The smallest absolute Gasteiger partial charge is 0.266 e. The van der Waals surface area contributed by atoms with Crippen LogP contribution in [0.5, 0.6) is 0 Å². The Morgan fingerprint density at radius 3 is 2.79 bits per heavy atom. The van der Waals surface area contributed by atoms with Crippen molar-refractivity contribution < 1.29 is 4.79 Å². The van der Waals surface area contributed by atoms with Crippen molar-refractivity contribution in [3.8, 4) is 0 Å². The Hall–Kier alpha value is -2.15. The van der Waals surface area contributed by atoms with E-state index in [2.05, 4.69) is 19.7 Å². The Labute approximate surface area is 143 Å². The first-order chi connectivity index (χ1) is 11.6. The summed E-state index contributed by atoms with van der Waals surface area (Å²) in [6.07, 6.45) is 5.33.